The number of thioether (sulfide) groups is 1. The van der Waals surface area contributed by atoms with Crippen LogP contribution in [0.3, 0.4) is 0 Å². The van der Waals surface area contributed by atoms with Crippen LogP contribution in [-0.2, 0) is 21.3 Å². The van der Waals surface area contributed by atoms with Gasteiger partial charge in [-0.15, -0.1) is 0 Å². The lowest BCUT2D eigenvalue weighted by Gasteiger charge is -2.09. The van der Waals surface area contributed by atoms with Gasteiger partial charge in [0.15, 0.2) is 9.84 Å². The number of rotatable bonds is 1. The fraction of sp³-hybridized carbons (Fsp3) is 0.600. The Labute approximate surface area is 109 Å². The van der Waals surface area contributed by atoms with Crippen LogP contribution < -0.4 is 0 Å². The quantitative estimate of drug-likeness (QED) is 0.738. The van der Waals surface area contributed by atoms with E-state index in [1.54, 1.807) is 11.8 Å². The minimum Gasteiger partial charge on any atom is -0.236 e. The molecule has 1 aromatic rings. The first-order chi connectivity index (χ1) is 8.05. The number of nitrogens with zero attached hydrogens (tertiary/aromatic N) is 2. The molecular formula is C10H11ClN2O2S2. The molecule has 3 heterocycles. The lowest BCUT2D eigenvalue weighted by Crippen LogP contribution is -2.09. The topological polar surface area (TPSA) is 59.9 Å². The predicted octanol–water partition coefficient (Wildman–Crippen LogP) is 1.78. The van der Waals surface area contributed by atoms with Gasteiger partial charge in [0.2, 0.25) is 0 Å². The Balaban J connectivity index is 1.97. The van der Waals surface area contributed by atoms with E-state index in [1.165, 1.54) is 0 Å². The summed E-state index contributed by atoms with van der Waals surface area (Å²) in [5.74, 6) is 2.65. The van der Waals surface area contributed by atoms with E-state index in [4.69, 9.17) is 11.6 Å². The molecule has 2 aliphatic rings. The lowest BCUT2D eigenvalue weighted by molar-refractivity contribution is 0.601. The fourth-order valence-electron chi connectivity index (χ4n) is 2.21. The second-order valence-electron chi connectivity index (χ2n) is 4.39. The highest BCUT2D eigenvalue weighted by Gasteiger charge is 2.32. The molecule has 7 heteroatoms. The summed E-state index contributed by atoms with van der Waals surface area (Å²) in [5.41, 5.74) is 2.00. The maximum Gasteiger partial charge on any atom is 0.151 e. The third-order valence-corrected chi connectivity index (χ3v) is 6.19. The molecule has 1 atom stereocenters. The Morgan fingerprint density at radius 2 is 2.12 bits per heavy atom. The van der Waals surface area contributed by atoms with Crippen molar-refractivity contribution in [1.82, 2.24) is 9.97 Å². The number of fused-ring (bicyclic) bond motifs is 1. The van der Waals surface area contributed by atoms with Crippen LogP contribution in [0.25, 0.3) is 0 Å². The molecule has 1 saturated heterocycles. The molecule has 0 aliphatic carbocycles. The standard InChI is InChI=1S/C10H11ClN2O2S2/c11-9-7-3-16-4-8(7)12-10(13-9)6-1-2-17(14,15)5-6/h6H,1-5H2. The highest BCUT2D eigenvalue weighted by molar-refractivity contribution is 7.98. The van der Waals surface area contributed by atoms with E-state index in [2.05, 4.69) is 9.97 Å². The van der Waals surface area contributed by atoms with Gasteiger partial charge in [0.25, 0.3) is 0 Å². The SMILES string of the molecule is O=S1(=O)CCC(c2nc(Cl)c3c(n2)CSC3)C1. The molecule has 17 heavy (non-hydrogen) atoms. The van der Waals surface area contributed by atoms with Crippen molar-refractivity contribution >= 4 is 33.2 Å². The van der Waals surface area contributed by atoms with Crippen LogP contribution in [-0.4, -0.2) is 29.9 Å². The van der Waals surface area contributed by atoms with Gasteiger partial charge >= 0.3 is 0 Å². The molecule has 2 aliphatic heterocycles. The number of halogens is 1. The first-order valence-corrected chi connectivity index (χ1v) is 8.74. The number of sulfone groups is 1. The third kappa shape index (κ3) is 2.18. The Kier molecular flexibility index (Phi) is 2.83. The summed E-state index contributed by atoms with van der Waals surface area (Å²) in [6.07, 6.45) is 0.616. The monoisotopic (exact) mass is 290 g/mol. The molecular weight excluding hydrogens is 280 g/mol. The molecule has 0 saturated carbocycles. The zero-order chi connectivity index (χ0) is 12.0. The molecule has 3 rings (SSSR count). The van der Waals surface area contributed by atoms with Crippen molar-refractivity contribution < 1.29 is 8.42 Å². The molecule has 0 amide bonds. The average molecular weight is 291 g/mol. The van der Waals surface area contributed by atoms with Crippen molar-refractivity contribution in [3.8, 4) is 0 Å². The minimum atomic E-state index is -2.90. The van der Waals surface area contributed by atoms with Gasteiger partial charge in [-0.2, -0.15) is 11.8 Å². The van der Waals surface area contributed by atoms with Crippen molar-refractivity contribution in [2.45, 2.75) is 23.8 Å². The maximum absolute atomic E-state index is 11.4. The van der Waals surface area contributed by atoms with Crippen molar-refractivity contribution in [2.24, 2.45) is 0 Å². The summed E-state index contributed by atoms with van der Waals surface area (Å²) in [5, 5.41) is 0.499. The molecule has 0 spiro atoms. The largest absolute Gasteiger partial charge is 0.236 e. The summed E-state index contributed by atoms with van der Waals surface area (Å²) in [4.78, 5) is 8.75. The van der Waals surface area contributed by atoms with Gasteiger partial charge in [-0.25, -0.2) is 18.4 Å². The van der Waals surface area contributed by atoms with E-state index < -0.39 is 9.84 Å². The van der Waals surface area contributed by atoms with Crippen LogP contribution in [0.1, 0.15) is 29.4 Å². The summed E-state index contributed by atoms with van der Waals surface area (Å²) >= 11 is 7.87. The molecule has 0 aromatic carbocycles. The molecule has 1 aromatic heterocycles. The van der Waals surface area contributed by atoms with Gasteiger partial charge < -0.3 is 0 Å². The van der Waals surface area contributed by atoms with Gasteiger partial charge in [0, 0.05) is 23.0 Å². The van der Waals surface area contributed by atoms with Gasteiger partial charge in [-0.1, -0.05) is 11.6 Å². The minimum absolute atomic E-state index is 0.0756. The van der Waals surface area contributed by atoms with E-state index in [0.717, 1.165) is 22.8 Å². The van der Waals surface area contributed by atoms with Crippen LogP contribution >= 0.6 is 23.4 Å². The molecule has 92 valence electrons. The van der Waals surface area contributed by atoms with Gasteiger partial charge in [0.05, 0.1) is 17.2 Å². The number of aromatic nitrogens is 2. The third-order valence-electron chi connectivity index (χ3n) is 3.14. The Morgan fingerprint density at radius 1 is 1.29 bits per heavy atom. The zero-order valence-electron chi connectivity index (χ0n) is 9.02. The Hall–Kier alpha value is -0.330. The molecule has 0 N–H and O–H groups in total. The molecule has 0 bridgehead atoms. The van der Waals surface area contributed by atoms with E-state index in [1.807, 2.05) is 0 Å². The van der Waals surface area contributed by atoms with Crippen LogP contribution in [0.4, 0.5) is 0 Å². The second kappa shape index (κ2) is 4.10. The van der Waals surface area contributed by atoms with E-state index in [9.17, 15) is 8.42 Å². The van der Waals surface area contributed by atoms with Gasteiger partial charge in [0.1, 0.15) is 11.0 Å². The summed E-state index contributed by atoms with van der Waals surface area (Å²) in [6, 6.07) is 0. The van der Waals surface area contributed by atoms with Crippen LogP contribution in [0.15, 0.2) is 0 Å². The van der Waals surface area contributed by atoms with E-state index >= 15 is 0 Å². The van der Waals surface area contributed by atoms with Crippen LogP contribution in [0.5, 0.6) is 0 Å². The average Bonchev–Trinajstić information content (AvgIpc) is 2.84. The van der Waals surface area contributed by atoms with Crippen LogP contribution in [0, 0.1) is 0 Å². The fourth-order valence-corrected chi connectivity index (χ4v) is 5.33. The van der Waals surface area contributed by atoms with Crippen molar-refractivity contribution in [1.29, 1.82) is 0 Å². The molecule has 1 fully saturated rings. The first-order valence-electron chi connectivity index (χ1n) is 5.38. The second-order valence-corrected chi connectivity index (χ2v) is 7.96. The summed E-state index contributed by atoms with van der Waals surface area (Å²) in [6.45, 7) is 0. The highest BCUT2D eigenvalue weighted by atomic mass is 35.5. The normalized spacial score (nSPS) is 26.1. The summed E-state index contributed by atoms with van der Waals surface area (Å²) < 4.78 is 22.9. The van der Waals surface area contributed by atoms with Gasteiger partial charge in [-0.3, -0.25) is 0 Å². The molecule has 4 nitrogen and oxygen atoms in total. The van der Waals surface area contributed by atoms with Crippen molar-refractivity contribution in [3.63, 3.8) is 0 Å². The van der Waals surface area contributed by atoms with Crippen LogP contribution in [0.2, 0.25) is 5.15 Å². The summed E-state index contributed by atoms with van der Waals surface area (Å²) in [7, 11) is -2.90. The van der Waals surface area contributed by atoms with E-state index in [0.29, 0.717) is 17.4 Å². The Morgan fingerprint density at radius 3 is 2.82 bits per heavy atom. The van der Waals surface area contributed by atoms with Crippen molar-refractivity contribution in [3.05, 3.63) is 22.2 Å². The highest BCUT2D eigenvalue weighted by Crippen LogP contribution is 2.35. The number of hydrogen-bond donors (Lipinski definition) is 0. The lowest BCUT2D eigenvalue weighted by atomic mass is 10.1. The number of hydrogen-bond acceptors (Lipinski definition) is 5. The zero-order valence-corrected chi connectivity index (χ0v) is 11.4. The molecule has 1 unspecified atom stereocenters. The maximum atomic E-state index is 11.4. The van der Waals surface area contributed by atoms with Crippen molar-refractivity contribution in [2.75, 3.05) is 11.5 Å². The van der Waals surface area contributed by atoms with E-state index in [-0.39, 0.29) is 17.4 Å². The smallest absolute Gasteiger partial charge is 0.151 e. The first kappa shape index (κ1) is 11.7. The van der Waals surface area contributed by atoms with Gasteiger partial charge in [-0.05, 0) is 6.42 Å². The molecule has 0 radical (unpaired) electrons. The predicted molar refractivity (Wildman–Crippen MR) is 68.1 cm³/mol. The Bertz CT molecular complexity index is 574.